The number of hydrogen-bond acceptors (Lipinski definition) is 2. The van der Waals surface area contributed by atoms with Crippen molar-refractivity contribution in [1.29, 1.82) is 0 Å². The van der Waals surface area contributed by atoms with E-state index in [1.54, 1.807) is 0 Å². The van der Waals surface area contributed by atoms with Gasteiger partial charge in [-0.15, -0.1) is 0 Å². The maximum absolute atomic E-state index is 11.2. The van der Waals surface area contributed by atoms with Crippen LogP contribution in [0.25, 0.3) is 44.1 Å². The van der Waals surface area contributed by atoms with Gasteiger partial charge in [-0.1, -0.05) is 104 Å². The molecule has 0 aliphatic heterocycles. The maximum Gasteiger partial charge on any atom is 0.121 e. The third kappa shape index (κ3) is 4.61. The van der Waals surface area contributed by atoms with E-state index in [1.165, 1.54) is 21.7 Å². The minimum atomic E-state index is -0.559. The number of rotatable bonds is 9. The van der Waals surface area contributed by atoms with Gasteiger partial charge in [0.15, 0.2) is 0 Å². The molecule has 35 heavy (non-hydrogen) atoms. The standard InChI is InChI=1S/C31H32N2O2/c1-2-25(21-34)32-19-26(35)20-33-30(24-14-7-4-8-15-24)29(23-12-5-3-6-13-23)28-18-17-22-11-9-10-16-27(22)31(28)33/h3-18,25-26,32,34-35H,2,19-21H2,1H3/p+1/t25-,26+/m0/s1. The lowest BCUT2D eigenvalue weighted by molar-refractivity contribution is -0.696. The van der Waals surface area contributed by atoms with E-state index in [1.807, 2.05) is 12.1 Å². The third-order valence-corrected chi connectivity index (χ3v) is 6.95. The van der Waals surface area contributed by atoms with Crippen molar-refractivity contribution in [3.05, 3.63) is 97.1 Å². The van der Waals surface area contributed by atoms with Crippen molar-refractivity contribution in [3.63, 3.8) is 0 Å². The minimum absolute atomic E-state index is 0.111. The molecule has 0 amide bonds. The average molecular weight is 466 g/mol. The lowest BCUT2D eigenvalue weighted by Gasteiger charge is -2.18. The van der Waals surface area contributed by atoms with Crippen LogP contribution >= 0.6 is 0 Å². The van der Waals surface area contributed by atoms with Gasteiger partial charge in [-0.2, -0.15) is 0 Å². The van der Waals surface area contributed by atoms with E-state index in [0.717, 1.165) is 28.8 Å². The van der Waals surface area contributed by atoms with E-state index in [0.29, 0.717) is 13.1 Å². The number of quaternary nitrogens is 1. The first-order valence-corrected chi connectivity index (χ1v) is 12.5. The van der Waals surface area contributed by atoms with Gasteiger partial charge >= 0.3 is 0 Å². The highest BCUT2D eigenvalue weighted by atomic mass is 16.3. The lowest BCUT2D eigenvalue weighted by Crippen LogP contribution is -2.92. The highest BCUT2D eigenvalue weighted by Crippen LogP contribution is 2.43. The first-order valence-electron chi connectivity index (χ1n) is 12.5. The molecule has 0 fully saturated rings. The van der Waals surface area contributed by atoms with Gasteiger partial charge in [0.25, 0.3) is 0 Å². The lowest BCUT2D eigenvalue weighted by atomic mass is 9.97. The van der Waals surface area contributed by atoms with Gasteiger partial charge < -0.3 is 20.1 Å². The molecule has 4 N–H and O–H groups in total. The summed E-state index contributed by atoms with van der Waals surface area (Å²) in [5, 5.41) is 26.4. The first-order chi connectivity index (χ1) is 17.2. The van der Waals surface area contributed by atoms with E-state index in [-0.39, 0.29) is 12.6 Å². The summed E-state index contributed by atoms with van der Waals surface area (Å²) in [4.78, 5) is 0. The Balaban J connectivity index is 1.75. The summed E-state index contributed by atoms with van der Waals surface area (Å²) in [6.45, 7) is 3.20. The Kier molecular flexibility index (Phi) is 6.96. The second kappa shape index (κ2) is 10.4. The zero-order valence-corrected chi connectivity index (χ0v) is 20.1. The van der Waals surface area contributed by atoms with Crippen molar-refractivity contribution >= 4 is 21.7 Å². The van der Waals surface area contributed by atoms with Crippen LogP contribution in [0.2, 0.25) is 0 Å². The van der Waals surface area contributed by atoms with Crippen molar-refractivity contribution in [3.8, 4) is 22.4 Å². The van der Waals surface area contributed by atoms with Crippen molar-refractivity contribution in [2.24, 2.45) is 0 Å². The molecule has 0 aliphatic carbocycles. The zero-order chi connectivity index (χ0) is 24.2. The Hall–Kier alpha value is -3.44. The van der Waals surface area contributed by atoms with Gasteiger partial charge in [0, 0.05) is 16.3 Å². The predicted octanol–water partition coefficient (Wildman–Crippen LogP) is 4.82. The molecule has 4 heteroatoms. The fourth-order valence-corrected chi connectivity index (χ4v) is 5.10. The molecule has 4 aromatic carbocycles. The number of aliphatic hydroxyl groups is 2. The van der Waals surface area contributed by atoms with E-state index < -0.39 is 6.10 Å². The Bertz CT molecular complexity index is 1410. The van der Waals surface area contributed by atoms with Gasteiger partial charge in [-0.05, 0) is 22.9 Å². The molecule has 2 atom stereocenters. The average Bonchev–Trinajstić information content (AvgIpc) is 3.24. The zero-order valence-electron chi connectivity index (χ0n) is 20.1. The Labute approximate surface area is 206 Å². The number of benzene rings is 4. The molecule has 4 nitrogen and oxygen atoms in total. The number of nitrogens with zero attached hydrogens (tertiary/aromatic N) is 1. The summed E-state index contributed by atoms with van der Waals surface area (Å²) in [6.07, 6.45) is 0.310. The quantitative estimate of drug-likeness (QED) is 0.292. The molecule has 0 saturated heterocycles. The molecule has 0 bridgehead atoms. The molecule has 1 aromatic heterocycles. The summed E-state index contributed by atoms with van der Waals surface area (Å²) in [7, 11) is 0. The van der Waals surface area contributed by atoms with Crippen LogP contribution < -0.4 is 5.32 Å². The second-order valence-electron chi connectivity index (χ2n) is 9.23. The smallest absolute Gasteiger partial charge is 0.121 e. The van der Waals surface area contributed by atoms with Crippen LogP contribution in [0.15, 0.2) is 97.1 Å². The van der Waals surface area contributed by atoms with Crippen molar-refractivity contribution in [2.45, 2.75) is 32.0 Å². The molecule has 0 aliphatic rings. The van der Waals surface area contributed by atoms with E-state index >= 15 is 0 Å². The number of hydrogen-bond donors (Lipinski definition) is 3. The third-order valence-electron chi connectivity index (χ3n) is 6.95. The van der Waals surface area contributed by atoms with Crippen LogP contribution in [-0.4, -0.2) is 40.1 Å². The number of aliphatic hydroxyl groups excluding tert-OH is 2. The number of aromatic nitrogens is 1. The highest BCUT2D eigenvalue weighted by Gasteiger charge is 2.24. The fraction of sp³-hybridized carbons (Fsp3) is 0.226. The molecule has 0 spiro atoms. The molecule has 0 saturated carbocycles. The first kappa shape index (κ1) is 23.3. The van der Waals surface area contributed by atoms with Gasteiger partial charge in [0.05, 0.1) is 24.4 Å². The molecule has 5 rings (SSSR count). The Morgan fingerprint density at radius 2 is 1.43 bits per heavy atom. The summed E-state index contributed by atoms with van der Waals surface area (Å²) >= 11 is 0. The SMILES string of the molecule is CC[C@@H](CO)[NH2+]C[C@@H](O)Cn1c(-c2ccccc2)c(-c2ccccc2)c2ccc3ccccc3c21. The molecule has 0 radical (unpaired) electrons. The molecular formula is C31H33N2O2+. The predicted molar refractivity (Wildman–Crippen MR) is 144 cm³/mol. The maximum atomic E-state index is 11.2. The van der Waals surface area contributed by atoms with Gasteiger partial charge in [0.2, 0.25) is 0 Å². The largest absolute Gasteiger partial charge is 0.390 e. The molecule has 1 heterocycles. The normalized spacial score (nSPS) is 13.3. The monoisotopic (exact) mass is 465 g/mol. The van der Waals surface area contributed by atoms with Crippen LogP contribution in [0.5, 0.6) is 0 Å². The van der Waals surface area contributed by atoms with E-state index in [9.17, 15) is 10.2 Å². The van der Waals surface area contributed by atoms with E-state index in [2.05, 4.69) is 102 Å². The van der Waals surface area contributed by atoms with Crippen molar-refractivity contribution in [1.82, 2.24) is 4.57 Å². The minimum Gasteiger partial charge on any atom is -0.390 e. The molecule has 0 unspecified atom stereocenters. The Morgan fingerprint density at radius 1 is 0.771 bits per heavy atom. The van der Waals surface area contributed by atoms with Crippen LogP contribution in [0.1, 0.15) is 13.3 Å². The van der Waals surface area contributed by atoms with Crippen LogP contribution in [0, 0.1) is 0 Å². The molecular weight excluding hydrogens is 432 g/mol. The fourth-order valence-electron chi connectivity index (χ4n) is 5.10. The summed E-state index contributed by atoms with van der Waals surface area (Å²) in [5.74, 6) is 0. The van der Waals surface area contributed by atoms with Gasteiger partial charge in [0.1, 0.15) is 18.7 Å². The number of fused-ring (bicyclic) bond motifs is 3. The van der Waals surface area contributed by atoms with Gasteiger partial charge in [-0.25, -0.2) is 0 Å². The van der Waals surface area contributed by atoms with Crippen molar-refractivity contribution < 1.29 is 15.5 Å². The second-order valence-corrected chi connectivity index (χ2v) is 9.23. The highest BCUT2D eigenvalue weighted by molar-refractivity contribution is 6.15. The van der Waals surface area contributed by atoms with Gasteiger partial charge in [-0.3, -0.25) is 0 Å². The Morgan fingerprint density at radius 3 is 2.11 bits per heavy atom. The summed E-state index contributed by atoms with van der Waals surface area (Å²) < 4.78 is 2.31. The topological polar surface area (TPSA) is 62.0 Å². The van der Waals surface area contributed by atoms with Crippen LogP contribution in [0.3, 0.4) is 0 Å². The van der Waals surface area contributed by atoms with Crippen LogP contribution in [-0.2, 0) is 6.54 Å². The van der Waals surface area contributed by atoms with E-state index in [4.69, 9.17) is 0 Å². The number of nitrogens with two attached hydrogens (primary N) is 1. The molecule has 178 valence electrons. The summed E-state index contributed by atoms with van der Waals surface area (Å²) in [6, 6.07) is 34.0. The van der Waals surface area contributed by atoms with Crippen LogP contribution in [0.4, 0.5) is 0 Å². The van der Waals surface area contributed by atoms with Crippen molar-refractivity contribution in [2.75, 3.05) is 13.2 Å². The molecule has 5 aromatic rings. The summed E-state index contributed by atoms with van der Waals surface area (Å²) in [5.41, 5.74) is 5.75.